The van der Waals surface area contributed by atoms with Crippen molar-refractivity contribution in [3.63, 3.8) is 0 Å². The number of carbonyl (C=O) groups is 2. The van der Waals surface area contributed by atoms with Crippen LogP contribution in [0.15, 0.2) is 0 Å². The third kappa shape index (κ3) is 6.06. The molecule has 0 radical (unpaired) electrons. The van der Waals surface area contributed by atoms with E-state index >= 15 is 0 Å². The number of carboxylic acids is 1. The number of rotatable bonds is 9. The summed E-state index contributed by atoms with van der Waals surface area (Å²) in [7, 11) is 0. The molecule has 0 aliphatic carbocycles. The Bertz CT molecular complexity index is 193. The molecule has 2 N–H and O–H groups in total. The molecule has 5 nitrogen and oxygen atoms in total. The molecule has 0 aliphatic rings. The first-order valence-electron chi connectivity index (χ1n) is 5.30. The van der Waals surface area contributed by atoms with Crippen LogP contribution < -0.4 is 5.32 Å². The van der Waals surface area contributed by atoms with Crippen molar-refractivity contribution < 1.29 is 14.7 Å². The largest absolute Gasteiger partial charge is 0.480 e. The molecule has 0 saturated carbocycles. The molecule has 1 unspecified atom stereocenters. The summed E-state index contributed by atoms with van der Waals surface area (Å²) in [5.41, 5.74) is 0. The van der Waals surface area contributed by atoms with Crippen LogP contribution in [0.25, 0.3) is 0 Å². The van der Waals surface area contributed by atoms with Crippen molar-refractivity contribution in [2.24, 2.45) is 0 Å². The number of carboxylic acid groups (broad SMARTS) is 1. The van der Waals surface area contributed by atoms with Gasteiger partial charge in [0.25, 0.3) is 0 Å². The van der Waals surface area contributed by atoms with Crippen LogP contribution in [0.3, 0.4) is 0 Å². The van der Waals surface area contributed by atoms with Gasteiger partial charge in [0.15, 0.2) is 0 Å². The molecule has 1 amide bonds. The van der Waals surface area contributed by atoms with Crippen molar-refractivity contribution in [1.82, 2.24) is 10.2 Å². The highest BCUT2D eigenvalue weighted by molar-refractivity contribution is 5.76. The second-order valence-electron chi connectivity index (χ2n) is 3.34. The quantitative estimate of drug-likeness (QED) is 0.544. The second kappa shape index (κ2) is 8.23. The molecule has 0 heterocycles. The Morgan fingerprint density at radius 1 is 1.47 bits per heavy atom. The molecule has 0 saturated heterocycles. The highest BCUT2D eigenvalue weighted by atomic mass is 16.4. The highest BCUT2D eigenvalue weighted by Gasteiger charge is 2.15. The Morgan fingerprint density at radius 3 is 2.47 bits per heavy atom. The number of amides is 1. The van der Waals surface area contributed by atoms with Gasteiger partial charge in [0.1, 0.15) is 6.04 Å². The molecule has 0 aromatic carbocycles. The molecule has 0 aromatic rings. The van der Waals surface area contributed by atoms with E-state index in [4.69, 9.17) is 5.11 Å². The summed E-state index contributed by atoms with van der Waals surface area (Å²) in [6.07, 6.45) is 1.69. The first-order valence-corrected chi connectivity index (χ1v) is 5.30. The van der Waals surface area contributed by atoms with Gasteiger partial charge in [-0.1, -0.05) is 13.8 Å². The first-order chi connectivity index (χ1) is 7.15. The number of carbonyl (C=O) groups excluding carboxylic acids is 1. The predicted molar refractivity (Wildman–Crippen MR) is 57.6 cm³/mol. The maximum absolute atomic E-state index is 10.7. The summed E-state index contributed by atoms with van der Waals surface area (Å²) in [6.45, 7) is 6.95. The van der Waals surface area contributed by atoms with E-state index in [9.17, 15) is 9.59 Å². The number of hydrogen-bond acceptors (Lipinski definition) is 3. The van der Waals surface area contributed by atoms with Crippen molar-refractivity contribution in [2.45, 2.75) is 32.7 Å². The summed E-state index contributed by atoms with van der Waals surface area (Å²) in [5, 5.41) is 11.0. The maximum atomic E-state index is 10.7. The van der Waals surface area contributed by atoms with Gasteiger partial charge in [0.2, 0.25) is 6.41 Å². The number of nitrogens with zero attached hydrogens (tertiary/aromatic N) is 1. The normalized spacial score (nSPS) is 12.5. The number of aliphatic carboxylic acids is 1. The van der Waals surface area contributed by atoms with E-state index in [-0.39, 0.29) is 0 Å². The van der Waals surface area contributed by atoms with Crippen LogP contribution in [0.1, 0.15) is 26.7 Å². The summed E-state index contributed by atoms with van der Waals surface area (Å²) >= 11 is 0. The molecule has 0 spiro atoms. The monoisotopic (exact) mass is 216 g/mol. The Morgan fingerprint density at radius 2 is 2.07 bits per heavy atom. The van der Waals surface area contributed by atoms with Gasteiger partial charge in [-0.3, -0.25) is 4.79 Å². The fourth-order valence-corrected chi connectivity index (χ4v) is 1.42. The van der Waals surface area contributed by atoms with Crippen LogP contribution in [0.4, 0.5) is 0 Å². The van der Waals surface area contributed by atoms with Gasteiger partial charge >= 0.3 is 5.97 Å². The van der Waals surface area contributed by atoms with Crippen LogP contribution in [-0.2, 0) is 9.59 Å². The van der Waals surface area contributed by atoms with Gasteiger partial charge in [-0.25, -0.2) is 4.79 Å². The van der Waals surface area contributed by atoms with Crippen LogP contribution in [-0.4, -0.2) is 48.1 Å². The lowest BCUT2D eigenvalue weighted by Gasteiger charge is -2.18. The van der Waals surface area contributed by atoms with E-state index < -0.39 is 12.0 Å². The number of nitrogens with one attached hydrogen (secondary N) is 1. The zero-order chi connectivity index (χ0) is 11.7. The Kier molecular flexibility index (Phi) is 7.62. The molecule has 0 aromatic heterocycles. The highest BCUT2D eigenvalue weighted by Crippen LogP contribution is 2.00. The fourth-order valence-electron chi connectivity index (χ4n) is 1.42. The van der Waals surface area contributed by atoms with Gasteiger partial charge < -0.3 is 15.3 Å². The minimum Gasteiger partial charge on any atom is -0.480 e. The van der Waals surface area contributed by atoms with E-state index in [0.717, 1.165) is 26.1 Å². The first kappa shape index (κ1) is 13.9. The van der Waals surface area contributed by atoms with Gasteiger partial charge in [0, 0.05) is 0 Å². The lowest BCUT2D eigenvalue weighted by atomic mass is 10.1. The molecule has 0 fully saturated rings. The molecule has 0 rings (SSSR count). The lowest BCUT2D eigenvalue weighted by Crippen LogP contribution is -2.36. The van der Waals surface area contributed by atoms with E-state index in [1.807, 2.05) is 0 Å². The smallest absolute Gasteiger partial charge is 0.326 e. The lowest BCUT2D eigenvalue weighted by molar-refractivity contribution is -0.140. The summed E-state index contributed by atoms with van der Waals surface area (Å²) in [6, 6.07) is -0.752. The van der Waals surface area contributed by atoms with Crippen molar-refractivity contribution in [1.29, 1.82) is 0 Å². The SMILES string of the molecule is CCN(CC)CCCC(NC=O)C(=O)O. The van der Waals surface area contributed by atoms with Crippen molar-refractivity contribution in [3.8, 4) is 0 Å². The van der Waals surface area contributed by atoms with Gasteiger partial charge in [-0.05, 0) is 32.5 Å². The van der Waals surface area contributed by atoms with E-state index in [1.165, 1.54) is 0 Å². The van der Waals surface area contributed by atoms with E-state index in [2.05, 4.69) is 24.1 Å². The topological polar surface area (TPSA) is 69.6 Å². The fraction of sp³-hybridized carbons (Fsp3) is 0.800. The Labute approximate surface area is 90.5 Å². The van der Waals surface area contributed by atoms with Gasteiger partial charge in [-0.2, -0.15) is 0 Å². The van der Waals surface area contributed by atoms with Gasteiger partial charge in [-0.15, -0.1) is 0 Å². The molecule has 1 atom stereocenters. The van der Waals surface area contributed by atoms with E-state index in [0.29, 0.717) is 12.8 Å². The standard InChI is InChI=1S/C10H20N2O3/c1-3-12(4-2)7-5-6-9(10(14)15)11-8-13/h8-9H,3-7H2,1-2H3,(H,11,13)(H,14,15). The molecule has 15 heavy (non-hydrogen) atoms. The second-order valence-corrected chi connectivity index (χ2v) is 3.34. The zero-order valence-electron chi connectivity index (χ0n) is 9.40. The molecule has 88 valence electrons. The predicted octanol–water partition coefficient (Wildman–Crippen LogP) is 0.308. The van der Waals surface area contributed by atoms with Crippen molar-refractivity contribution in [2.75, 3.05) is 19.6 Å². The third-order valence-electron chi connectivity index (χ3n) is 2.43. The van der Waals surface area contributed by atoms with E-state index in [1.54, 1.807) is 0 Å². The molecular weight excluding hydrogens is 196 g/mol. The molecule has 0 aliphatic heterocycles. The summed E-state index contributed by atoms with van der Waals surface area (Å²) < 4.78 is 0. The Hall–Kier alpha value is -1.10. The number of hydrogen-bond donors (Lipinski definition) is 2. The minimum atomic E-state index is -0.971. The summed E-state index contributed by atoms with van der Waals surface area (Å²) in [4.78, 5) is 23.0. The van der Waals surface area contributed by atoms with Gasteiger partial charge in [0.05, 0.1) is 0 Å². The van der Waals surface area contributed by atoms with Crippen LogP contribution in [0.2, 0.25) is 0 Å². The average Bonchev–Trinajstić information content (AvgIpc) is 2.22. The maximum Gasteiger partial charge on any atom is 0.326 e. The minimum absolute atomic E-state index is 0.441. The molecular formula is C10H20N2O3. The Balaban J connectivity index is 3.79. The third-order valence-corrected chi connectivity index (χ3v) is 2.43. The average molecular weight is 216 g/mol. The zero-order valence-corrected chi connectivity index (χ0v) is 9.40. The molecule has 0 bridgehead atoms. The van der Waals surface area contributed by atoms with Crippen molar-refractivity contribution in [3.05, 3.63) is 0 Å². The summed E-state index contributed by atoms with van der Waals surface area (Å²) in [5.74, 6) is -0.971. The van der Waals surface area contributed by atoms with Crippen LogP contribution >= 0.6 is 0 Å². The van der Waals surface area contributed by atoms with Crippen LogP contribution in [0.5, 0.6) is 0 Å². The molecule has 5 heteroatoms. The van der Waals surface area contributed by atoms with Crippen LogP contribution in [0, 0.1) is 0 Å². The van der Waals surface area contributed by atoms with Crippen molar-refractivity contribution >= 4 is 12.4 Å².